The molecule has 0 aliphatic heterocycles. The Labute approximate surface area is 426 Å². The molecule has 0 atom stereocenters. The average molecular weight is 1120 g/mol. The Bertz CT molecular complexity index is 3610. The van der Waals surface area contributed by atoms with Crippen molar-refractivity contribution in [1.29, 1.82) is 0 Å². The van der Waals surface area contributed by atoms with E-state index in [-0.39, 0.29) is 0 Å². The third-order valence-corrected chi connectivity index (χ3v) is 13.9. The van der Waals surface area contributed by atoms with Crippen LogP contribution in [0.4, 0.5) is 0 Å². The molecule has 2 aromatic heterocycles. The lowest BCUT2D eigenvalue weighted by Gasteiger charge is -2.08. The molecule has 68 heavy (non-hydrogen) atoms. The van der Waals surface area contributed by atoms with Crippen molar-refractivity contribution < 1.29 is 10.0 Å². The molecule has 8 heteroatoms. The summed E-state index contributed by atoms with van der Waals surface area (Å²) >= 11 is 9.25. The number of halogens is 3. The first-order valence-electron chi connectivity index (χ1n) is 22.2. The molecule has 12 rings (SSSR count). The highest BCUT2D eigenvalue weighted by atomic mass is 127. The molecule has 328 valence electrons. The van der Waals surface area contributed by atoms with Gasteiger partial charge in [0.05, 0.1) is 22.1 Å². The topological polar surface area (TPSA) is 50.3 Å². The Morgan fingerprint density at radius 1 is 0.324 bits per heavy atom. The molecule has 0 aliphatic carbocycles. The molecule has 12 aromatic rings. The second-order valence-corrected chi connectivity index (χ2v) is 19.4. The van der Waals surface area contributed by atoms with E-state index < -0.39 is 7.12 Å². The SMILES string of the molecule is Brc1ccc(-c2ccc(-c3ccc4c(c3)c3ccccc3n4-c3ccccc3)cc2)cc1.Brc1ccc(-c2ccc(I)cc2)cc1.OB(O)c1ccc2c(c1)c1ccccc1n2-c1ccccc1. The van der Waals surface area contributed by atoms with Gasteiger partial charge in [-0.1, -0.05) is 184 Å². The van der Waals surface area contributed by atoms with Gasteiger partial charge in [-0.05, 0) is 152 Å². The number of nitrogens with zero attached hydrogens (tertiary/aromatic N) is 2. The third-order valence-electron chi connectivity index (χ3n) is 12.1. The van der Waals surface area contributed by atoms with E-state index in [4.69, 9.17) is 0 Å². The first kappa shape index (κ1) is 45.3. The summed E-state index contributed by atoms with van der Waals surface area (Å²) < 4.78 is 8.03. The average Bonchev–Trinajstić information content (AvgIpc) is 3.90. The maximum Gasteiger partial charge on any atom is 0.488 e. The lowest BCUT2D eigenvalue weighted by molar-refractivity contribution is 0.426. The van der Waals surface area contributed by atoms with E-state index in [9.17, 15) is 10.0 Å². The van der Waals surface area contributed by atoms with Crippen LogP contribution < -0.4 is 5.46 Å². The van der Waals surface area contributed by atoms with Crippen molar-refractivity contribution >= 4 is 111 Å². The minimum absolute atomic E-state index is 0.503. The monoisotopic (exact) mass is 1120 g/mol. The van der Waals surface area contributed by atoms with E-state index in [0.29, 0.717) is 5.46 Å². The summed E-state index contributed by atoms with van der Waals surface area (Å²) in [6.07, 6.45) is 0. The third kappa shape index (κ3) is 9.61. The zero-order chi connectivity index (χ0) is 46.6. The van der Waals surface area contributed by atoms with Crippen molar-refractivity contribution in [3.8, 4) is 44.8 Å². The largest absolute Gasteiger partial charge is 0.488 e. The molecule has 4 nitrogen and oxygen atoms in total. The van der Waals surface area contributed by atoms with Gasteiger partial charge in [-0.25, -0.2) is 0 Å². The lowest BCUT2D eigenvalue weighted by Crippen LogP contribution is -2.29. The van der Waals surface area contributed by atoms with E-state index in [1.165, 1.54) is 64.4 Å². The summed E-state index contributed by atoms with van der Waals surface area (Å²) in [7, 11) is -1.46. The zero-order valence-corrected chi connectivity index (χ0v) is 41.9. The number of hydrogen-bond donors (Lipinski definition) is 2. The number of para-hydroxylation sites is 4. The van der Waals surface area contributed by atoms with Crippen molar-refractivity contribution in [2.24, 2.45) is 0 Å². The Hall–Kier alpha value is -6.53. The Morgan fingerprint density at radius 3 is 1.12 bits per heavy atom. The van der Waals surface area contributed by atoms with Gasteiger partial charge in [-0.2, -0.15) is 0 Å². The second-order valence-electron chi connectivity index (χ2n) is 16.4. The van der Waals surface area contributed by atoms with Crippen molar-refractivity contribution in [3.63, 3.8) is 0 Å². The highest BCUT2D eigenvalue weighted by Crippen LogP contribution is 2.36. The maximum absolute atomic E-state index is 9.43. The summed E-state index contributed by atoms with van der Waals surface area (Å²) in [5.41, 5.74) is 14.8. The minimum atomic E-state index is -1.46. The fourth-order valence-electron chi connectivity index (χ4n) is 8.80. The number of fused-ring (bicyclic) bond motifs is 6. The molecule has 0 amide bonds. The van der Waals surface area contributed by atoms with Gasteiger partial charge in [0.25, 0.3) is 0 Å². The van der Waals surface area contributed by atoms with Crippen LogP contribution in [0.25, 0.3) is 88.4 Å². The molecule has 0 saturated carbocycles. The fourth-order valence-corrected chi connectivity index (χ4v) is 9.68. The van der Waals surface area contributed by atoms with Crippen LogP contribution in [0.5, 0.6) is 0 Å². The Kier molecular flexibility index (Phi) is 13.6. The normalized spacial score (nSPS) is 11.0. The van der Waals surface area contributed by atoms with Gasteiger partial charge in [0.1, 0.15) is 0 Å². The summed E-state index contributed by atoms with van der Waals surface area (Å²) in [6, 6.07) is 84.1. The van der Waals surface area contributed by atoms with Gasteiger partial charge < -0.3 is 19.2 Å². The van der Waals surface area contributed by atoms with Gasteiger partial charge >= 0.3 is 7.12 Å². The first-order valence-corrected chi connectivity index (χ1v) is 24.9. The van der Waals surface area contributed by atoms with Crippen LogP contribution in [-0.2, 0) is 0 Å². The van der Waals surface area contributed by atoms with Crippen LogP contribution in [0.1, 0.15) is 0 Å². The van der Waals surface area contributed by atoms with Crippen LogP contribution in [0.3, 0.4) is 0 Å². The van der Waals surface area contributed by atoms with E-state index in [2.05, 4.69) is 258 Å². The summed E-state index contributed by atoms with van der Waals surface area (Å²) in [5.74, 6) is 0. The van der Waals surface area contributed by atoms with Crippen LogP contribution in [0.2, 0.25) is 0 Å². The Balaban J connectivity index is 0.000000129. The summed E-state index contributed by atoms with van der Waals surface area (Å²) in [6.45, 7) is 0. The number of aromatic nitrogens is 2. The maximum atomic E-state index is 9.43. The van der Waals surface area contributed by atoms with Gasteiger partial charge in [-0.3, -0.25) is 0 Å². The highest BCUT2D eigenvalue weighted by Gasteiger charge is 2.17. The molecule has 2 heterocycles. The molecule has 10 aromatic carbocycles. The molecule has 0 unspecified atom stereocenters. The van der Waals surface area contributed by atoms with Crippen LogP contribution >= 0.6 is 54.5 Å². The van der Waals surface area contributed by atoms with Gasteiger partial charge in [0, 0.05) is 45.4 Å². The van der Waals surface area contributed by atoms with Gasteiger partial charge in [-0.15, -0.1) is 0 Å². The molecule has 0 fully saturated rings. The van der Waals surface area contributed by atoms with Crippen LogP contribution in [0, 0.1) is 3.57 Å². The van der Waals surface area contributed by atoms with E-state index in [1.807, 2.05) is 42.5 Å². The molecule has 0 spiro atoms. The summed E-state index contributed by atoms with van der Waals surface area (Å²) in [5, 5.41) is 23.5. The molecule has 0 aliphatic rings. The lowest BCUT2D eigenvalue weighted by atomic mass is 9.80. The number of hydrogen-bond acceptors (Lipinski definition) is 2. The molecule has 0 saturated heterocycles. The number of benzene rings is 10. The minimum Gasteiger partial charge on any atom is -0.423 e. The second kappa shape index (κ2) is 20.4. The first-order chi connectivity index (χ1) is 33.3. The molecule has 2 N–H and O–H groups in total. The van der Waals surface area contributed by atoms with Crippen LogP contribution in [0.15, 0.2) is 252 Å². The molecular formula is C60H42BBr2IN2O2. The Morgan fingerprint density at radius 2 is 0.662 bits per heavy atom. The summed E-state index contributed by atoms with van der Waals surface area (Å²) in [4.78, 5) is 0. The van der Waals surface area contributed by atoms with Gasteiger partial charge in [0.2, 0.25) is 0 Å². The van der Waals surface area contributed by atoms with Crippen molar-refractivity contribution in [2.75, 3.05) is 0 Å². The van der Waals surface area contributed by atoms with E-state index in [0.717, 1.165) is 36.4 Å². The van der Waals surface area contributed by atoms with Crippen molar-refractivity contribution in [1.82, 2.24) is 9.13 Å². The van der Waals surface area contributed by atoms with E-state index >= 15 is 0 Å². The zero-order valence-electron chi connectivity index (χ0n) is 36.6. The van der Waals surface area contributed by atoms with Crippen molar-refractivity contribution in [2.45, 2.75) is 0 Å². The number of rotatable bonds is 6. The fraction of sp³-hybridized carbons (Fsp3) is 0. The smallest absolute Gasteiger partial charge is 0.423 e. The van der Waals surface area contributed by atoms with Gasteiger partial charge in [0.15, 0.2) is 0 Å². The van der Waals surface area contributed by atoms with E-state index in [1.54, 1.807) is 6.07 Å². The predicted octanol–water partition coefficient (Wildman–Crippen LogP) is 16.1. The molecule has 0 bridgehead atoms. The predicted molar refractivity (Wildman–Crippen MR) is 302 cm³/mol. The standard InChI is InChI=1S/C30H20BrN.C18H14BNO2.C12H8BrI/c31-25-17-14-22(15-18-25)21-10-12-23(13-11-21)24-16-19-30-28(20-24)27-8-4-5-9-29(27)32(30)26-6-2-1-3-7-26;21-19(22)13-10-11-18-16(12-13)15-8-4-5-9-17(15)20(18)14-6-2-1-3-7-14;13-11-5-1-9(2-6-11)10-3-7-12(14)8-4-10/h1-20H;1-12,21-22H;1-8H. The van der Waals surface area contributed by atoms with Crippen molar-refractivity contribution in [3.05, 3.63) is 255 Å². The molecule has 0 radical (unpaired) electrons. The highest BCUT2D eigenvalue weighted by molar-refractivity contribution is 14.1. The quantitative estimate of drug-likeness (QED) is 0.129. The van der Waals surface area contributed by atoms with Crippen LogP contribution in [-0.4, -0.2) is 26.3 Å². The molecular weight excluding hydrogens is 1080 g/mol.